The Hall–Kier alpha value is -1.12. The van der Waals surface area contributed by atoms with Crippen molar-refractivity contribution in [1.29, 1.82) is 0 Å². The lowest BCUT2D eigenvalue weighted by molar-refractivity contribution is -0.137. The fourth-order valence-electron chi connectivity index (χ4n) is 4.58. The van der Waals surface area contributed by atoms with Gasteiger partial charge in [0.25, 0.3) is 0 Å². The van der Waals surface area contributed by atoms with Gasteiger partial charge in [-0.1, -0.05) is 37.5 Å². The van der Waals surface area contributed by atoms with Crippen LogP contribution in [-0.4, -0.2) is 49.6 Å². The predicted molar refractivity (Wildman–Crippen MR) is 108 cm³/mol. The van der Waals surface area contributed by atoms with E-state index in [1.165, 1.54) is 18.6 Å². The van der Waals surface area contributed by atoms with Crippen molar-refractivity contribution >= 4 is 10.0 Å². The van der Waals surface area contributed by atoms with Gasteiger partial charge in [-0.25, -0.2) is 12.7 Å². The Morgan fingerprint density at radius 2 is 1.72 bits per heavy atom. The van der Waals surface area contributed by atoms with Crippen LogP contribution in [0.15, 0.2) is 24.3 Å². The maximum atomic E-state index is 12.9. The van der Waals surface area contributed by atoms with Gasteiger partial charge in [0.1, 0.15) is 0 Å². The fraction of sp³-hybridized carbons (Fsp3) is 0.714. The number of hydrogen-bond acceptors (Lipinski definition) is 3. The summed E-state index contributed by atoms with van der Waals surface area (Å²) in [6, 6.07) is 5.59. The SMILES string of the molecule is CN(Cc1cccc(C(F)(F)F)c1)C1CCN(S(=O)(=O)CC2CCCCC2)CC1. The third-order valence-electron chi connectivity index (χ3n) is 6.30. The van der Waals surface area contributed by atoms with Crippen LogP contribution in [0.2, 0.25) is 0 Å². The minimum absolute atomic E-state index is 0.172. The molecule has 164 valence electrons. The molecular weight excluding hydrogens is 401 g/mol. The van der Waals surface area contributed by atoms with Gasteiger partial charge in [-0.3, -0.25) is 4.90 Å². The van der Waals surface area contributed by atoms with Crippen molar-refractivity contribution in [3.8, 4) is 0 Å². The summed E-state index contributed by atoms with van der Waals surface area (Å²) >= 11 is 0. The number of alkyl halides is 3. The molecular formula is C21H31F3N2O2S. The largest absolute Gasteiger partial charge is 0.416 e. The van der Waals surface area contributed by atoms with Crippen molar-refractivity contribution in [2.24, 2.45) is 5.92 Å². The summed E-state index contributed by atoms with van der Waals surface area (Å²) < 4.78 is 65.9. The summed E-state index contributed by atoms with van der Waals surface area (Å²) in [6.45, 7) is 1.41. The number of sulfonamides is 1. The second-order valence-corrected chi connectivity index (χ2v) is 10.5. The zero-order valence-corrected chi connectivity index (χ0v) is 17.8. The summed E-state index contributed by atoms with van der Waals surface area (Å²) in [4.78, 5) is 2.04. The summed E-state index contributed by atoms with van der Waals surface area (Å²) in [5.74, 6) is 0.549. The van der Waals surface area contributed by atoms with Gasteiger partial charge in [0.2, 0.25) is 10.0 Å². The molecule has 3 rings (SSSR count). The molecule has 1 saturated heterocycles. The molecule has 0 unspecified atom stereocenters. The molecule has 29 heavy (non-hydrogen) atoms. The van der Waals surface area contributed by atoms with Gasteiger partial charge in [-0.2, -0.15) is 13.2 Å². The van der Waals surface area contributed by atoms with Crippen LogP contribution in [0.1, 0.15) is 56.1 Å². The highest BCUT2D eigenvalue weighted by atomic mass is 32.2. The molecule has 1 aromatic carbocycles. The predicted octanol–water partition coefficient (Wildman–Crippen LogP) is 4.51. The smallest absolute Gasteiger partial charge is 0.299 e. The summed E-state index contributed by atoms with van der Waals surface area (Å²) in [5, 5.41) is 0. The second-order valence-electron chi connectivity index (χ2n) is 8.53. The maximum Gasteiger partial charge on any atom is 0.416 e. The minimum Gasteiger partial charge on any atom is -0.299 e. The lowest BCUT2D eigenvalue weighted by atomic mass is 9.91. The monoisotopic (exact) mass is 432 g/mol. The molecule has 0 aromatic heterocycles. The zero-order valence-electron chi connectivity index (χ0n) is 17.0. The van der Waals surface area contributed by atoms with Crippen LogP contribution in [0.3, 0.4) is 0 Å². The molecule has 1 heterocycles. The number of hydrogen-bond donors (Lipinski definition) is 0. The van der Waals surface area contributed by atoms with Crippen molar-refractivity contribution in [3.63, 3.8) is 0 Å². The average Bonchev–Trinajstić information content (AvgIpc) is 2.68. The van der Waals surface area contributed by atoms with Crippen LogP contribution >= 0.6 is 0 Å². The molecule has 1 aliphatic heterocycles. The van der Waals surface area contributed by atoms with E-state index >= 15 is 0 Å². The minimum atomic E-state index is -4.34. The number of nitrogens with zero attached hydrogens (tertiary/aromatic N) is 2. The Morgan fingerprint density at radius 1 is 1.07 bits per heavy atom. The van der Waals surface area contributed by atoms with E-state index in [9.17, 15) is 21.6 Å². The van der Waals surface area contributed by atoms with Crippen LogP contribution < -0.4 is 0 Å². The average molecular weight is 433 g/mol. The molecule has 0 atom stereocenters. The van der Waals surface area contributed by atoms with Gasteiger partial charge >= 0.3 is 6.18 Å². The van der Waals surface area contributed by atoms with E-state index in [0.717, 1.165) is 31.7 Å². The van der Waals surface area contributed by atoms with Crippen molar-refractivity contribution in [2.45, 2.75) is 63.7 Å². The molecule has 1 saturated carbocycles. The third kappa shape index (κ3) is 6.18. The quantitative estimate of drug-likeness (QED) is 0.664. The van der Waals surface area contributed by atoms with Gasteiger partial charge in [-0.05, 0) is 50.3 Å². The lowest BCUT2D eigenvalue weighted by Gasteiger charge is -2.37. The first-order chi connectivity index (χ1) is 13.6. The fourth-order valence-corrected chi connectivity index (χ4v) is 6.49. The molecule has 2 aliphatic rings. The standard InChI is InChI=1S/C21H31F3N2O2S/c1-25(15-18-8-5-9-19(14-18)21(22,23)24)20-10-12-26(13-11-20)29(27,28)16-17-6-3-2-4-7-17/h5,8-9,14,17,20H,2-4,6-7,10-13,15-16H2,1H3. The van der Waals surface area contributed by atoms with Crippen LogP contribution in [0.5, 0.6) is 0 Å². The topological polar surface area (TPSA) is 40.6 Å². The highest BCUT2D eigenvalue weighted by Crippen LogP contribution is 2.30. The number of halogens is 3. The maximum absolute atomic E-state index is 12.9. The third-order valence-corrected chi connectivity index (χ3v) is 8.34. The molecule has 1 aromatic rings. The molecule has 8 heteroatoms. The Labute approximate surface area is 172 Å². The highest BCUT2D eigenvalue weighted by molar-refractivity contribution is 7.89. The zero-order chi connectivity index (χ0) is 21.1. The van der Waals surface area contributed by atoms with Gasteiger partial charge in [-0.15, -0.1) is 0 Å². The first kappa shape index (κ1) is 22.6. The van der Waals surface area contributed by atoms with Gasteiger partial charge in [0.15, 0.2) is 0 Å². The molecule has 2 fully saturated rings. The van der Waals surface area contributed by atoms with Crippen molar-refractivity contribution in [3.05, 3.63) is 35.4 Å². The lowest BCUT2D eigenvalue weighted by Crippen LogP contribution is -2.46. The normalized spacial score (nSPS) is 21.0. The van der Waals surface area contributed by atoms with E-state index in [-0.39, 0.29) is 17.7 Å². The van der Waals surface area contributed by atoms with E-state index in [1.54, 1.807) is 10.4 Å². The van der Waals surface area contributed by atoms with Gasteiger partial charge < -0.3 is 0 Å². The number of benzene rings is 1. The Balaban J connectivity index is 1.52. The number of piperidine rings is 1. The molecule has 0 bridgehead atoms. The van der Waals surface area contributed by atoms with Crippen LogP contribution in [0.25, 0.3) is 0 Å². The van der Waals surface area contributed by atoms with Crippen LogP contribution in [0.4, 0.5) is 13.2 Å². The first-order valence-corrected chi connectivity index (χ1v) is 12.1. The van der Waals surface area contributed by atoms with E-state index in [1.807, 2.05) is 11.9 Å². The van der Waals surface area contributed by atoms with Crippen LogP contribution in [-0.2, 0) is 22.7 Å². The van der Waals surface area contributed by atoms with E-state index in [2.05, 4.69) is 0 Å². The molecule has 0 amide bonds. The molecule has 0 N–H and O–H groups in total. The molecule has 0 radical (unpaired) electrons. The summed E-state index contributed by atoms with van der Waals surface area (Å²) in [6.07, 6.45) is 2.56. The van der Waals surface area contributed by atoms with Crippen molar-refractivity contribution in [1.82, 2.24) is 9.21 Å². The molecule has 1 aliphatic carbocycles. The number of rotatable bonds is 6. The molecule has 4 nitrogen and oxygen atoms in total. The van der Waals surface area contributed by atoms with Crippen LogP contribution in [0, 0.1) is 5.92 Å². The first-order valence-electron chi connectivity index (χ1n) is 10.5. The van der Waals surface area contributed by atoms with E-state index in [0.29, 0.717) is 38.0 Å². The second kappa shape index (κ2) is 9.35. The van der Waals surface area contributed by atoms with E-state index in [4.69, 9.17) is 0 Å². The van der Waals surface area contributed by atoms with Crippen molar-refractivity contribution in [2.75, 3.05) is 25.9 Å². The Kier molecular flexibility index (Phi) is 7.27. The van der Waals surface area contributed by atoms with Gasteiger partial charge in [0, 0.05) is 25.7 Å². The molecule has 0 spiro atoms. The van der Waals surface area contributed by atoms with Gasteiger partial charge in [0.05, 0.1) is 11.3 Å². The summed E-state index contributed by atoms with van der Waals surface area (Å²) in [7, 11) is -1.32. The van der Waals surface area contributed by atoms with E-state index < -0.39 is 21.8 Å². The highest BCUT2D eigenvalue weighted by Gasteiger charge is 2.33. The summed E-state index contributed by atoms with van der Waals surface area (Å²) in [5.41, 5.74) is -0.0123. The Morgan fingerprint density at radius 3 is 2.34 bits per heavy atom. The Bertz CT molecular complexity index is 768. The van der Waals surface area contributed by atoms with Crippen molar-refractivity contribution < 1.29 is 21.6 Å².